The summed E-state index contributed by atoms with van der Waals surface area (Å²) in [6.07, 6.45) is 6.72. The van der Waals surface area contributed by atoms with Crippen LogP contribution in [-0.2, 0) is 6.42 Å². The van der Waals surface area contributed by atoms with Gasteiger partial charge in [0.1, 0.15) is 0 Å². The average Bonchev–Trinajstić information content (AvgIpc) is 3.16. The van der Waals surface area contributed by atoms with Crippen molar-refractivity contribution in [3.8, 4) is 0 Å². The van der Waals surface area contributed by atoms with Crippen molar-refractivity contribution in [1.29, 1.82) is 0 Å². The van der Waals surface area contributed by atoms with Crippen LogP contribution in [0.2, 0.25) is 5.02 Å². The number of amides is 1. The van der Waals surface area contributed by atoms with E-state index in [1.54, 1.807) is 19.0 Å². The van der Waals surface area contributed by atoms with Gasteiger partial charge in [0.2, 0.25) is 0 Å². The fourth-order valence-electron chi connectivity index (χ4n) is 3.88. The SMILES string of the molecule is CN(C)C(=O)c1ccc(NC(=S)NC2(CCc3ccc(Cl)cc3)CCCC2)cc1. The summed E-state index contributed by atoms with van der Waals surface area (Å²) in [7, 11) is 3.50. The Bertz CT molecular complexity index is 843. The first kappa shape index (κ1) is 21.6. The molecule has 0 spiro atoms. The Morgan fingerprint density at radius 2 is 1.69 bits per heavy atom. The van der Waals surface area contributed by atoms with Crippen molar-refractivity contribution in [2.45, 2.75) is 44.1 Å². The third-order valence-electron chi connectivity index (χ3n) is 5.54. The maximum Gasteiger partial charge on any atom is 0.253 e. The van der Waals surface area contributed by atoms with E-state index in [2.05, 4.69) is 22.8 Å². The zero-order valence-electron chi connectivity index (χ0n) is 17.0. The highest BCUT2D eigenvalue weighted by atomic mass is 35.5. The van der Waals surface area contributed by atoms with Crippen molar-refractivity contribution >= 4 is 40.5 Å². The maximum absolute atomic E-state index is 12.0. The Morgan fingerprint density at radius 3 is 2.28 bits per heavy atom. The number of benzene rings is 2. The van der Waals surface area contributed by atoms with Crippen LogP contribution in [0.15, 0.2) is 48.5 Å². The van der Waals surface area contributed by atoms with E-state index in [9.17, 15) is 4.79 Å². The molecule has 1 saturated carbocycles. The molecule has 1 amide bonds. The number of nitrogens with one attached hydrogen (secondary N) is 2. The fourth-order valence-corrected chi connectivity index (χ4v) is 4.34. The van der Waals surface area contributed by atoms with E-state index in [1.807, 2.05) is 36.4 Å². The number of rotatable bonds is 6. The number of anilines is 1. The highest BCUT2D eigenvalue weighted by molar-refractivity contribution is 7.80. The van der Waals surface area contributed by atoms with Gasteiger partial charge in [0.25, 0.3) is 5.91 Å². The number of carbonyl (C=O) groups is 1. The summed E-state index contributed by atoms with van der Waals surface area (Å²) in [5.41, 5.74) is 2.87. The van der Waals surface area contributed by atoms with Crippen LogP contribution in [0.5, 0.6) is 0 Å². The highest BCUT2D eigenvalue weighted by Crippen LogP contribution is 2.34. The van der Waals surface area contributed by atoms with Crippen molar-refractivity contribution in [2.75, 3.05) is 19.4 Å². The molecule has 0 radical (unpaired) electrons. The Hall–Kier alpha value is -2.11. The normalized spacial score (nSPS) is 15.0. The van der Waals surface area contributed by atoms with Crippen LogP contribution in [-0.4, -0.2) is 35.6 Å². The number of hydrogen-bond donors (Lipinski definition) is 2. The topological polar surface area (TPSA) is 44.4 Å². The lowest BCUT2D eigenvalue weighted by atomic mass is 9.89. The molecule has 0 bridgehead atoms. The van der Waals surface area contributed by atoms with Crippen molar-refractivity contribution in [3.63, 3.8) is 0 Å². The number of nitrogens with zero attached hydrogens (tertiary/aromatic N) is 1. The summed E-state index contributed by atoms with van der Waals surface area (Å²) in [5, 5.41) is 8.27. The standard InChI is InChI=1S/C23H28ClN3OS/c1-27(2)21(28)18-7-11-20(12-8-18)25-22(29)26-23(14-3-4-15-23)16-13-17-5-9-19(24)10-6-17/h5-12H,3-4,13-16H2,1-2H3,(H2,25,26,29). The van der Waals surface area contributed by atoms with Crippen molar-refractivity contribution in [3.05, 3.63) is 64.7 Å². The molecule has 0 saturated heterocycles. The van der Waals surface area contributed by atoms with Crippen LogP contribution >= 0.6 is 23.8 Å². The predicted octanol–water partition coefficient (Wildman–Crippen LogP) is 5.27. The van der Waals surface area contributed by atoms with Gasteiger partial charge < -0.3 is 15.5 Å². The van der Waals surface area contributed by atoms with Crippen LogP contribution in [0.25, 0.3) is 0 Å². The molecule has 0 atom stereocenters. The molecule has 1 aliphatic carbocycles. The molecular formula is C23H28ClN3OS. The minimum absolute atomic E-state index is 0.00985. The minimum Gasteiger partial charge on any atom is -0.357 e. The van der Waals surface area contributed by atoms with E-state index in [0.29, 0.717) is 10.7 Å². The first-order chi connectivity index (χ1) is 13.9. The van der Waals surface area contributed by atoms with Crippen LogP contribution in [0, 0.1) is 0 Å². The summed E-state index contributed by atoms with van der Waals surface area (Å²) in [4.78, 5) is 13.6. The third kappa shape index (κ3) is 5.94. The van der Waals surface area contributed by atoms with Crippen molar-refractivity contribution in [1.82, 2.24) is 10.2 Å². The van der Waals surface area contributed by atoms with Gasteiger partial charge in [-0.25, -0.2) is 0 Å². The summed E-state index contributed by atoms with van der Waals surface area (Å²) in [5.74, 6) is -0.00985. The molecular weight excluding hydrogens is 402 g/mol. The Morgan fingerprint density at radius 1 is 1.07 bits per heavy atom. The van der Waals surface area contributed by atoms with Gasteiger partial charge in [-0.05, 0) is 79.9 Å². The van der Waals surface area contributed by atoms with Gasteiger partial charge in [-0.2, -0.15) is 0 Å². The molecule has 0 aliphatic heterocycles. The monoisotopic (exact) mass is 429 g/mol. The van der Waals surface area contributed by atoms with E-state index in [-0.39, 0.29) is 11.4 Å². The van der Waals surface area contributed by atoms with E-state index >= 15 is 0 Å². The summed E-state index contributed by atoms with van der Waals surface area (Å²) >= 11 is 11.6. The molecule has 154 valence electrons. The van der Waals surface area contributed by atoms with E-state index in [1.165, 1.54) is 18.4 Å². The molecule has 0 aromatic heterocycles. The first-order valence-electron chi connectivity index (χ1n) is 10.0. The zero-order valence-corrected chi connectivity index (χ0v) is 18.6. The Kier molecular flexibility index (Phi) is 7.14. The van der Waals surface area contributed by atoms with Crippen molar-refractivity contribution in [2.24, 2.45) is 0 Å². The Balaban J connectivity index is 1.59. The minimum atomic E-state index is -0.00985. The summed E-state index contributed by atoms with van der Waals surface area (Å²) in [6, 6.07) is 15.5. The van der Waals surface area contributed by atoms with Crippen LogP contribution in [0.1, 0.15) is 48.0 Å². The molecule has 6 heteroatoms. The van der Waals surface area contributed by atoms with E-state index in [0.717, 1.165) is 36.4 Å². The van der Waals surface area contributed by atoms with Gasteiger partial charge in [-0.1, -0.05) is 36.6 Å². The Labute approximate surface area is 183 Å². The smallest absolute Gasteiger partial charge is 0.253 e. The molecule has 29 heavy (non-hydrogen) atoms. The maximum atomic E-state index is 12.0. The highest BCUT2D eigenvalue weighted by Gasteiger charge is 2.34. The van der Waals surface area contributed by atoms with Gasteiger partial charge in [0.05, 0.1) is 0 Å². The van der Waals surface area contributed by atoms with Crippen molar-refractivity contribution < 1.29 is 4.79 Å². The molecule has 4 nitrogen and oxygen atoms in total. The second-order valence-corrected chi connectivity index (χ2v) is 8.81. The van der Waals surface area contributed by atoms with Gasteiger partial charge in [0.15, 0.2) is 5.11 Å². The molecule has 2 aromatic rings. The van der Waals surface area contributed by atoms with Gasteiger partial charge in [0, 0.05) is 35.9 Å². The lowest BCUT2D eigenvalue weighted by molar-refractivity contribution is 0.0827. The van der Waals surface area contributed by atoms with E-state index in [4.69, 9.17) is 23.8 Å². The van der Waals surface area contributed by atoms with Gasteiger partial charge in [-0.15, -0.1) is 0 Å². The van der Waals surface area contributed by atoms with E-state index < -0.39 is 0 Å². The molecule has 2 aromatic carbocycles. The predicted molar refractivity (Wildman–Crippen MR) is 125 cm³/mol. The molecule has 2 N–H and O–H groups in total. The molecule has 0 heterocycles. The summed E-state index contributed by atoms with van der Waals surface area (Å²) in [6.45, 7) is 0. The quantitative estimate of drug-likeness (QED) is 0.613. The lowest BCUT2D eigenvalue weighted by Crippen LogP contribution is -2.48. The molecule has 3 rings (SSSR count). The summed E-state index contributed by atoms with van der Waals surface area (Å²) < 4.78 is 0. The third-order valence-corrected chi connectivity index (χ3v) is 6.00. The second kappa shape index (κ2) is 9.59. The largest absolute Gasteiger partial charge is 0.357 e. The van der Waals surface area contributed by atoms with Crippen LogP contribution < -0.4 is 10.6 Å². The number of thiocarbonyl (C=S) groups is 1. The first-order valence-corrected chi connectivity index (χ1v) is 10.8. The number of carbonyl (C=O) groups excluding carboxylic acids is 1. The number of halogens is 1. The number of hydrogen-bond acceptors (Lipinski definition) is 2. The molecule has 0 unspecified atom stereocenters. The molecule has 1 fully saturated rings. The number of aryl methyl sites for hydroxylation is 1. The second-order valence-electron chi connectivity index (χ2n) is 7.97. The van der Waals surface area contributed by atoms with Gasteiger partial charge >= 0.3 is 0 Å². The fraction of sp³-hybridized carbons (Fsp3) is 0.391. The van der Waals surface area contributed by atoms with Crippen LogP contribution in [0.4, 0.5) is 5.69 Å². The van der Waals surface area contributed by atoms with Gasteiger partial charge in [-0.3, -0.25) is 4.79 Å². The van der Waals surface area contributed by atoms with Crippen LogP contribution in [0.3, 0.4) is 0 Å². The average molecular weight is 430 g/mol. The zero-order chi connectivity index (χ0) is 20.9. The molecule has 1 aliphatic rings. The lowest BCUT2D eigenvalue weighted by Gasteiger charge is -2.32.